The Morgan fingerprint density at radius 1 is 0.583 bits per heavy atom. The Bertz CT molecular complexity index is 1130. The van der Waals surface area contributed by atoms with Crippen LogP contribution in [0, 0.1) is 0 Å². The molecular weight excluding hydrogens is 368 g/mol. The maximum atomic E-state index is 2.36. The minimum absolute atomic E-state index is 1.34. The Kier molecular flexibility index (Phi) is 3.56. The number of thiophene rings is 2. The summed E-state index contributed by atoms with van der Waals surface area (Å²) in [5.74, 6) is 0. The fourth-order valence-corrected chi connectivity index (χ4v) is 6.99. The summed E-state index contributed by atoms with van der Waals surface area (Å²) in [6.45, 7) is 0. The summed E-state index contributed by atoms with van der Waals surface area (Å²) < 4.78 is 2.76. The number of rotatable bonds is 2. The molecule has 2 aromatic heterocycles. The SMILES string of the molecule is CSc1csc2cc3cc4cc5c(SC)csc5cc4cc3cc12. The van der Waals surface area contributed by atoms with E-state index in [1.807, 2.05) is 46.2 Å². The van der Waals surface area contributed by atoms with E-state index in [9.17, 15) is 0 Å². The highest BCUT2D eigenvalue weighted by Gasteiger charge is 2.09. The lowest BCUT2D eigenvalue weighted by Gasteiger charge is -2.05. The molecule has 5 rings (SSSR count). The topological polar surface area (TPSA) is 0 Å². The molecule has 0 radical (unpaired) electrons. The molecule has 3 aromatic carbocycles. The molecule has 0 spiro atoms. The first kappa shape index (κ1) is 15.1. The summed E-state index contributed by atoms with van der Waals surface area (Å²) in [4.78, 5) is 2.77. The quantitative estimate of drug-likeness (QED) is 0.225. The predicted molar refractivity (Wildman–Crippen MR) is 116 cm³/mol. The van der Waals surface area contributed by atoms with Gasteiger partial charge >= 0.3 is 0 Å². The molecule has 0 amide bonds. The zero-order chi connectivity index (χ0) is 16.3. The molecule has 4 heteroatoms. The maximum absolute atomic E-state index is 2.36. The largest absolute Gasteiger partial charge is 0.143 e. The summed E-state index contributed by atoms with van der Waals surface area (Å²) in [5.41, 5.74) is 0. The number of hydrogen-bond acceptors (Lipinski definition) is 4. The first-order chi connectivity index (χ1) is 11.8. The van der Waals surface area contributed by atoms with Gasteiger partial charge in [-0.2, -0.15) is 0 Å². The van der Waals surface area contributed by atoms with Gasteiger partial charge in [-0.05, 0) is 70.5 Å². The second-order valence-corrected chi connectivity index (χ2v) is 9.37. The standard InChI is InChI=1S/C20H14S4/c1-21-19-9-23-17-7-13-4-12-6-16-18(24-10-20(16)22-2)8-14(12)3-11(13)5-15(17)19/h3-10H,1-2H3. The van der Waals surface area contributed by atoms with Gasteiger partial charge in [-0.3, -0.25) is 0 Å². The van der Waals surface area contributed by atoms with Crippen LogP contribution in [0.3, 0.4) is 0 Å². The van der Waals surface area contributed by atoms with Gasteiger partial charge in [-0.25, -0.2) is 0 Å². The van der Waals surface area contributed by atoms with Gasteiger partial charge < -0.3 is 0 Å². The van der Waals surface area contributed by atoms with Crippen LogP contribution in [0.2, 0.25) is 0 Å². The van der Waals surface area contributed by atoms with Crippen LogP contribution in [0.15, 0.2) is 56.9 Å². The Labute approximate surface area is 156 Å². The Morgan fingerprint density at radius 2 is 1.00 bits per heavy atom. The molecule has 2 heterocycles. The van der Waals surface area contributed by atoms with Gasteiger partial charge in [-0.15, -0.1) is 46.2 Å². The van der Waals surface area contributed by atoms with Crippen LogP contribution in [-0.4, -0.2) is 12.5 Å². The Balaban J connectivity index is 1.86. The van der Waals surface area contributed by atoms with Gasteiger partial charge in [0.1, 0.15) is 0 Å². The molecule has 0 aliphatic rings. The van der Waals surface area contributed by atoms with Crippen LogP contribution in [0.4, 0.5) is 0 Å². The van der Waals surface area contributed by atoms with Crippen molar-refractivity contribution in [2.45, 2.75) is 9.79 Å². The lowest BCUT2D eigenvalue weighted by molar-refractivity contribution is 1.68. The van der Waals surface area contributed by atoms with E-state index in [-0.39, 0.29) is 0 Å². The van der Waals surface area contributed by atoms with Crippen molar-refractivity contribution in [3.05, 3.63) is 47.2 Å². The first-order valence-corrected chi connectivity index (χ1v) is 11.9. The predicted octanol–water partition coefficient (Wildman–Crippen LogP) is 7.87. The van der Waals surface area contributed by atoms with Crippen molar-refractivity contribution in [2.75, 3.05) is 12.5 Å². The Morgan fingerprint density at radius 3 is 1.42 bits per heavy atom. The monoisotopic (exact) mass is 382 g/mol. The van der Waals surface area contributed by atoms with Crippen LogP contribution in [0.1, 0.15) is 0 Å². The highest BCUT2D eigenvalue weighted by Crippen LogP contribution is 2.39. The summed E-state index contributed by atoms with van der Waals surface area (Å²) in [7, 11) is 0. The highest BCUT2D eigenvalue weighted by atomic mass is 32.2. The fraction of sp³-hybridized carbons (Fsp3) is 0.100. The van der Waals surface area contributed by atoms with E-state index >= 15 is 0 Å². The molecule has 0 unspecified atom stereocenters. The Hall–Kier alpha value is -1.20. The highest BCUT2D eigenvalue weighted by molar-refractivity contribution is 7.99. The van der Waals surface area contributed by atoms with Gasteiger partial charge in [-0.1, -0.05) is 0 Å². The van der Waals surface area contributed by atoms with Crippen molar-refractivity contribution in [3.8, 4) is 0 Å². The molecule has 0 bridgehead atoms. The van der Waals surface area contributed by atoms with Crippen molar-refractivity contribution in [1.82, 2.24) is 0 Å². The third-order valence-electron chi connectivity index (χ3n) is 4.55. The minimum Gasteiger partial charge on any atom is -0.143 e. The summed E-state index contributed by atoms with van der Waals surface area (Å²) in [6, 6.07) is 14.1. The van der Waals surface area contributed by atoms with E-state index < -0.39 is 0 Å². The summed E-state index contributed by atoms with van der Waals surface area (Å²) >= 11 is 7.36. The van der Waals surface area contributed by atoms with Crippen molar-refractivity contribution in [1.29, 1.82) is 0 Å². The van der Waals surface area contributed by atoms with E-state index in [1.54, 1.807) is 0 Å². The number of thioether (sulfide) groups is 2. The lowest BCUT2D eigenvalue weighted by atomic mass is 10.0. The molecule has 0 saturated carbocycles. The van der Waals surface area contributed by atoms with Crippen molar-refractivity contribution < 1.29 is 0 Å². The van der Waals surface area contributed by atoms with Crippen LogP contribution in [0.25, 0.3) is 41.7 Å². The van der Waals surface area contributed by atoms with Gasteiger partial charge in [0, 0.05) is 40.7 Å². The first-order valence-electron chi connectivity index (χ1n) is 7.65. The second kappa shape index (κ2) is 5.67. The average Bonchev–Trinajstić information content (AvgIpc) is 3.18. The van der Waals surface area contributed by atoms with Gasteiger partial charge in [0.2, 0.25) is 0 Å². The number of fused-ring (bicyclic) bond motifs is 4. The van der Waals surface area contributed by atoms with E-state index in [0.717, 1.165) is 0 Å². The molecule has 0 saturated heterocycles. The summed E-state index contributed by atoms with van der Waals surface area (Å²) in [6.07, 6.45) is 4.31. The average molecular weight is 383 g/mol. The molecule has 0 nitrogen and oxygen atoms in total. The van der Waals surface area contributed by atoms with E-state index in [4.69, 9.17) is 0 Å². The second-order valence-electron chi connectivity index (χ2n) is 5.85. The molecule has 0 aliphatic carbocycles. The zero-order valence-corrected chi connectivity index (χ0v) is 16.5. The zero-order valence-electron chi connectivity index (χ0n) is 13.3. The summed E-state index contributed by atoms with van der Waals surface area (Å²) in [5, 5.41) is 12.7. The molecule has 118 valence electrons. The van der Waals surface area contributed by atoms with Crippen molar-refractivity contribution in [2.24, 2.45) is 0 Å². The lowest BCUT2D eigenvalue weighted by Crippen LogP contribution is -1.78. The normalized spacial score (nSPS) is 12.1. The number of benzene rings is 3. The van der Waals surface area contributed by atoms with Crippen LogP contribution in [0.5, 0.6) is 0 Å². The van der Waals surface area contributed by atoms with Crippen LogP contribution in [-0.2, 0) is 0 Å². The molecule has 24 heavy (non-hydrogen) atoms. The molecular formula is C20H14S4. The van der Waals surface area contributed by atoms with E-state index in [1.165, 1.54) is 51.5 Å². The van der Waals surface area contributed by atoms with Gasteiger partial charge in [0.25, 0.3) is 0 Å². The van der Waals surface area contributed by atoms with Crippen molar-refractivity contribution in [3.63, 3.8) is 0 Å². The molecule has 5 aromatic rings. The third kappa shape index (κ3) is 2.21. The molecule has 0 aliphatic heterocycles. The molecule has 0 N–H and O–H groups in total. The smallest absolute Gasteiger partial charge is 0.0360 e. The maximum Gasteiger partial charge on any atom is 0.0360 e. The van der Waals surface area contributed by atoms with Crippen LogP contribution < -0.4 is 0 Å². The minimum atomic E-state index is 1.34. The molecule has 0 atom stereocenters. The van der Waals surface area contributed by atoms with E-state index in [0.29, 0.717) is 0 Å². The van der Waals surface area contributed by atoms with Gasteiger partial charge in [0.05, 0.1) is 0 Å². The fourth-order valence-electron chi connectivity index (χ4n) is 3.32. The third-order valence-corrected chi connectivity index (χ3v) is 8.29. The molecule has 0 fully saturated rings. The van der Waals surface area contributed by atoms with Crippen molar-refractivity contribution >= 4 is 87.9 Å². The van der Waals surface area contributed by atoms with Crippen LogP contribution >= 0.6 is 46.2 Å². The van der Waals surface area contributed by atoms with E-state index in [2.05, 4.69) is 59.7 Å². The number of hydrogen-bond donors (Lipinski definition) is 0. The van der Waals surface area contributed by atoms with Gasteiger partial charge in [0.15, 0.2) is 0 Å².